The van der Waals surface area contributed by atoms with Crippen molar-refractivity contribution in [2.24, 2.45) is 0 Å². The quantitative estimate of drug-likeness (QED) is 0.663. The second-order valence-corrected chi connectivity index (χ2v) is 6.59. The summed E-state index contributed by atoms with van der Waals surface area (Å²) in [7, 11) is 0. The summed E-state index contributed by atoms with van der Waals surface area (Å²) >= 11 is 10.8. The van der Waals surface area contributed by atoms with Crippen molar-refractivity contribution in [3.63, 3.8) is 0 Å². The fourth-order valence-corrected chi connectivity index (χ4v) is 3.17. The summed E-state index contributed by atoms with van der Waals surface area (Å²) in [6.07, 6.45) is 1.73. The van der Waals surface area contributed by atoms with Gasteiger partial charge in [-0.05, 0) is 40.2 Å². The Morgan fingerprint density at radius 3 is 2.89 bits per heavy atom. The molecule has 0 spiro atoms. The summed E-state index contributed by atoms with van der Waals surface area (Å²) in [6, 6.07) is 7.31. The summed E-state index contributed by atoms with van der Waals surface area (Å²) in [6.45, 7) is 0. The molecule has 3 aromatic rings. The number of hydrogen-bond donors (Lipinski definition) is 1. The van der Waals surface area contributed by atoms with Gasteiger partial charge >= 0.3 is 0 Å². The molecule has 5 heteroatoms. The molecule has 0 saturated carbocycles. The fourth-order valence-electron chi connectivity index (χ4n) is 1.87. The first kappa shape index (κ1) is 12.0. The van der Waals surface area contributed by atoms with Gasteiger partial charge in [0, 0.05) is 38.6 Å². The van der Waals surface area contributed by atoms with Gasteiger partial charge in [0.05, 0.1) is 3.79 Å². The third-order valence-corrected chi connectivity index (χ3v) is 4.46. The van der Waals surface area contributed by atoms with E-state index >= 15 is 0 Å². The maximum absolute atomic E-state index is 12.4. The fraction of sp³-hybridized carbons (Fsp3) is 0. The molecule has 2 heterocycles. The Labute approximate surface area is 121 Å². The zero-order valence-corrected chi connectivity index (χ0v) is 12.2. The van der Waals surface area contributed by atoms with Crippen molar-refractivity contribution in [3.05, 3.63) is 55.8 Å². The molecule has 0 fully saturated rings. The Morgan fingerprint density at radius 2 is 2.17 bits per heavy atom. The Bertz CT molecular complexity index is 746. The van der Waals surface area contributed by atoms with Crippen LogP contribution in [-0.4, -0.2) is 10.8 Å². The number of nitrogens with one attached hydrogen (secondary N) is 1. The van der Waals surface area contributed by atoms with E-state index in [1.54, 1.807) is 12.3 Å². The first-order valence-electron chi connectivity index (χ1n) is 5.20. The van der Waals surface area contributed by atoms with Gasteiger partial charge in [-0.3, -0.25) is 4.79 Å². The van der Waals surface area contributed by atoms with Crippen LogP contribution in [-0.2, 0) is 0 Å². The molecule has 2 aromatic heterocycles. The van der Waals surface area contributed by atoms with Gasteiger partial charge in [-0.25, -0.2) is 0 Å². The molecule has 0 saturated heterocycles. The van der Waals surface area contributed by atoms with Crippen LogP contribution in [0.1, 0.15) is 15.9 Å². The molecule has 0 unspecified atom stereocenters. The normalized spacial score (nSPS) is 11.0. The molecular weight excluding hydrogens is 334 g/mol. The highest BCUT2D eigenvalue weighted by Crippen LogP contribution is 2.27. The van der Waals surface area contributed by atoms with Crippen molar-refractivity contribution in [1.82, 2.24) is 4.98 Å². The number of hydrogen-bond acceptors (Lipinski definition) is 2. The van der Waals surface area contributed by atoms with Crippen LogP contribution < -0.4 is 0 Å². The summed E-state index contributed by atoms with van der Waals surface area (Å²) < 4.78 is 0.948. The molecule has 0 aliphatic rings. The Kier molecular flexibility index (Phi) is 3.01. The van der Waals surface area contributed by atoms with Crippen LogP contribution in [0, 0.1) is 0 Å². The van der Waals surface area contributed by atoms with E-state index in [1.807, 2.05) is 23.6 Å². The third kappa shape index (κ3) is 2.00. The Morgan fingerprint density at radius 1 is 1.33 bits per heavy atom. The van der Waals surface area contributed by atoms with Crippen LogP contribution in [0.3, 0.4) is 0 Å². The number of halogens is 2. The van der Waals surface area contributed by atoms with Gasteiger partial charge in [-0.15, -0.1) is 11.3 Å². The van der Waals surface area contributed by atoms with E-state index < -0.39 is 0 Å². The molecule has 0 amide bonds. The number of carbonyl (C=O) groups is 1. The van der Waals surface area contributed by atoms with Gasteiger partial charge in [0.25, 0.3) is 0 Å². The summed E-state index contributed by atoms with van der Waals surface area (Å²) in [4.78, 5) is 15.5. The summed E-state index contributed by atoms with van der Waals surface area (Å²) in [5.41, 5.74) is 2.25. The zero-order chi connectivity index (χ0) is 12.7. The minimum Gasteiger partial charge on any atom is -0.360 e. The molecule has 90 valence electrons. The number of ketones is 1. The molecule has 0 radical (unpaired) electrons. The van der Waals surface area contributed by atoms with Gasteiger partial charge in [0.2, 0.25) is 0 Å². The zero-order valence-electron chi connectivity index (χ0n) is 9.04. The number of benzene rings is 1. The second-order valence-electron chi connectivity index (χ2n) is 3.86. The van der Waals surface area contributed by atoms with E-state index in [4.69, 9.17) is 11.6 Å². The highest BCUT2D eigenvalue weighted by molar-refractivity contribution is 9.11. The molecule has 2 nitrogen and oxygen atoms in total. The number of aromatic nitrogens is 1. The van der Waals surface area contributed by atoms with Crippen LogP contribution >= 0.6 is 38.9 Å². The minimum absolute atomic E-state index is 0.00506. The van der Waals surface area contributed by atoms with Gasteiger partial charge < -0.3 is 4.98 Å². The minimum atomic E-state index is 0.00506. The van der Waals surface area contributed by atoms with Gasteiger partial charge in [-0.2, -0.15) is 0 Å². The number of rotatable bonds is 2. The SMILES string of the molecule is O=C(c1csc(Br)c1)c1c[nH]c2ccc(Cl)cc12. The first-order chi connectivity index (χ1) is 8.65. The van der Waals surface area contributed by atoms with E-state index in [9.17, 15) is 4.79 Å². The van der Waals surface area contributed by atoms with Crippen molar-refractivity contribution in [1.29, 1.82) is 0 Å². The number of fused-ring (bicyclic) bond motifs is 1. The standard InChI is InChI=1S/C13H7BrClNOS/c14-12-3-7(6-18-12)13(17)10-5-16-11-2-1-8(15)4-9(10)11/h1-6,16H. The maximum atomic E-state index is 12.4. The van der Waals surface area contributed by atoms with Crippen molar-refractivity contribution >= 4 is 55.6 Å². The molecule has 0 aliphatic heterocycles. The average Bonchev–Trinajstić information content (AvgIpc) is 2.94. The van der Waals surface area contributed by atoms with E-state index in [0.29, 0.717) is 16.1 Å². The van der Waals surface area contributed by atoms with Crippen LogP contribution in [0.4, 0.5) is 0 Å². The maximum Gasteiger partial charge on any atom is 0.196 e. The molecular formula is C13H7BrClNOS. The average molecular weight is 341 g/mol. The van der Waals surface area contributed by atoms with Crippen LogP contribution in [0.5, 0.6) is 0 Å². The topological polar surface area (TPSA) is 32.9 Å². The molecule has 0 aliphatic carbocycles. The van der Waals surface area contributed by atoms with Crippen LogP contribution in [0.2, 0.25) is 5.02 Å². The van der Waals surface area contributed by atoms with Crippen molar-refractivity contribution < 1.29 is 4.79 Å². The van der Waals surface area contributed by atoms with Crippen molar-refractivity contribution in [3.8, 4) is 0 Å². The van der Waals surface area contributed by atoms with E-state index in [-0.39, 0.29) is 5.78 Å². The lowest BCUT2D eigenvalue weighted by atomic mass is 10.1. The molecule has 0 bridgehead atoms. The van der Waals surface area contributed by atoms with Crippen molar-refractivity contribution in [2.45, 2.75) is 0 Å². The van der Waals surface area contributed by atoms with Crippen molar-refractivity contribution in [2.75, 3.05) is 0 Å². The number of aromatic amines is 1. The van der Waals surface area contributed by atoms with Gasteiger partial charge in [-0.1, -0.05) is 11.6 Å². The van der Waals surface area contributed by atoms with Gasteiger partial charge in [0.1, 0.15) is 0 Å². The largest absolute Gasteiger partial charge is 0.360 e. The highest BCUT2D eigenvalue weighted by Gasteiger charge is 2.15. The van der Waals surface area contributed by atoms with E-state index in [1.165, 1.54) is 11.3 Å². The molecule has 3 rings (SSSR count). The third-order valence-electron chi connectivity index (χ3n) is 2.72. The summed E-state index contributed by atoms with van der Waals surface area (Å²) in [5.74, 6) is 0.00506. The van der Waals surface area contributed by atoms with Gasteiger partial charge in [0.15, 0.2) is 5.78 Å². The van der Waals surface area contributed by atoms with Crippen LogP contribution in [0.25, 0.3) is 10.9 Å². The molecule has 1 N–H and O–H groups in total. The smallest absolute Gasteiger partial charge is 0.196 e. The van der Waals surface area contributed by atoms with E-state index in [0.717, 1.165) is 14.7 Å². The number of thiophene rings is 1. The predicted molar refractivity (Wildman–Crippen MR) is 78.8 cm³/mol. The first-order valence-corrected chi connectivity index (χ1v) is 7.25. The number of H-pyrrole nitrogens is 1. The second kappa shape index (κ2) is 4.53. The Hall–Kier alpha value is -1.10. The lowest BCUT2D eigenvalue weighted by Crippen LogP contribution is -1.97. The Balaban J connectivity index is 2.14. The van der Waals surface area contributed by atoms with E-state index in [2.05, 4.69) is 20.9 Å². The monoisotopic (exact) mass is 339 g/mol. The predicted octanol–water partition coefficient (Wildman–Crippen LogP) is 4.88. The lowest BCUT2D eigenvalue weighted by Gasteiger charge is -1.97. The van der Waals surface area contributed by atoms with Crippen LogP contribution in [0.15, 0.2) is 39.6 Å². The molecule has 0 atom stereocenters. The number of carbonyl (C=O) groups excluding carboxylic acids is 1. The molecule has 18 heavy (non-hydrogen) atoms. The highest BCUT2D eigenvalue weighted by atomic mass is 79.9. The lowest BCUT2D eigenvalue weighted by molar-refractivity contribution is 0.104. The summed E-state index contributed by atoms with van der Waals surface area (Å²) in [5, 5.41) is 3.33. The molecule has 1 aromatic carbocycles.